The van der Waals surface area contributed by atoms with E-state index in [0.29, 0.717) is 16.9 Å². The molecule has 1 saturated heterocycles. The van der Waals surface area contributed by atoms with E-state index in [1.54, 1.807) is 16.3 Å². The molecule has 0 spiro atoms. The number of rotatable bonds is 7. The minimum Gasteiger partial charge on any atom is -0.387 e. The number of ether oxygens (including phenoxy) is 1. The van der Waals surface area contributed by atoms with Gasteiger partial charge in [-0.15, -0.1) is 0 Å². The summed E-state index contributed by atoms with van der Waals surface area (Å²) in [6.07, 6.45) is 3.25. The number of nitrogens with zero attached hydrogens (tertiary/aromatic N) is 4. The van der Waals surface area contributed by atoms with Gasteiger partial charge in [-0.05, 0) is 12.2 Å². The van der Waals surface area contributed by atoms with Gasteiger partial charge >= 0.3 is 0 Å². The van der Waals surface area contributed by atoms with Crippen LogP contribution in [0.15, 0.2) is 12.7 Å². The summed E-state index contributed by atoms with van der Waals surface area (Å²) in [6.45, 7) is 2.17. The fourth-order valence-corrected chi connectivity index (χ4v) is 3.89. The lowest BCUT2D eigenvalue weighted by atomic mass is 10.1. The minimum absolute atomic E-state index is 0.273. The second kappa shape index (κ2) is 7.64. The quantitative estimate of drug-likeness (QED) is 0.630. The van der Waals surface area contributed by atoms with Crippen molar-refractivity contribution in [1.29, 1.82) is 0 Å². The highest BCUT2D eigenvalue weighted by molar-refractivity contribution is 7.99. The molecule has 3 rings (SSSR count). The molecule has 8 nitrogen and oxygen atoms in total. The Morgan fingerprint density at radius 1 is 1.25 bits per heavy atom. The highest BCUT2D eigenvalue weighted by Crippen LogP contribution is 2.33. The molecular formula is C15H23N5O3S. The van der Waals surface area contributed by atoms with Crippen molar-refractivity contribution in [3.63, 3.8) is 0 Å². The number of nitrogen functional groups attached to an aromatic ring is 1. The van der Waals surface area contributed by atoms with Gasteiger partial charge in [-0.1, -0.05) is 19.8 Å². The molecule has 2 aromatic rings. The van der Waals surface area contributed by atoms with Gasteiger partial charge in [0.1, 0.15) is 24.1 Å². The average molecular weight is 353 g/mol. The van der Waals surface area contributed by atoms with Gasteiger partial charge in [0.2, 0.25) is 0 Å². The van der Waals surface area contributed by atoms with E-state index >= 15 is 0 Å². The highest BCUT2D eigenvalue weighted by atomic mass is 32.2. The van der Waals surface area contributed by atoms with Crippen molar-refractivity contribution >= 4 is 28.7 Å². The van der Waals surface area contributed by atoms with E-state index in [-0.39, 0.29) is 5.82 Å². The van der Waals surface area contributed by atoms with Crippen LogP contribution in [0.4, 0.5) is 5.82 Å². The molecule has 0 amide bonds. The number of aliphatic hydroxyl groups is 2. The summed E-state index contributed by atoms with van der Waals surface area (Å²) < 4.78 is 7.49. The van der Waals surface area contributed by atoms with Gasteiger partial charge in [-0.25, -0.2) is 15.0 Å². The van der Waals surface area contributed by atoms with Crippen LogP contribution in [0.3, 0.4) is 0 Å². The summed E-state index contributed by atoms with van der Waals surface area (Å²) in [5, 5.41) is 20.6. The molecular weight excluding hydrogens is 330 g/mol. The third-order valence-electron chi connectivity index (χ3n) is 4.17. The Hall–Kier alpha value is -1.42. The Balaban J connectivity index is 1.69. The average Bonchev–Trinajstić information content (AvgIpc) is 3.12. The lowest BCUT2D eigenvalue weighted by Gasteiger charge is -2.16. The first-order valence-electron chi connectivity index (χ1n) is 8.15. The molecule has 0 radical (unpaired) electrons. The molecule has 132 valence electrons. The summed E-state index contributed by atoms with van der Waals surface area (Å²) in [4.78, 5) is 12.2. The molecule has 0 unspecified atom stereocenters. The number of aliphatic hydroxyl groups excluding tert-OH is 2. The predicted octanol–water partition coefficient (Wildman–Crippen LogP) is 0.951. The maximum Gasteiger partial charge on any atom is 0.167 e. The number of fused-ring (bicyclic) bond motifs is 1. The van der Waals surface area contributed by atoms with Crippen molar-refractivity contribution in [1.82, 2.24) is 19.5 Å². The molecule has 0 aromatic carbocycles. The van der Waals surface area contributed by atoms with E-state index in [2.05, 4.69) is 21.9 Å². The molecule has 4 N–H and O–H groups in total. The Kier molecular flexibility index (Phi) is 5.54. The largest absolute Gasteiger partial charge is 0.387 e. The van der Waals surface area contributed by atoms with Gasteiger partial charge in [0.15, 0.2) is 17.7 Å². The Bertz CT molecular complexity index is 682. The number of imidazole rings is 1. The zero-order chi connectivity index (χ0) is 17.1. The monoisotopic (exact) mass is 353 g/mol. The van der Waals surface area contributed by atoms with Crippen molar-refractivity contribution in [3.05, 3.63) is 12.7 Å². The van der Waals surface area contributed by atoms with E-state index in [4.69, 9.17) is 10.5 Å². The van der Waals surface area contributed by atoms with Crippen LogP contribution in [0.2, 0.25) is 0 Å². The van der Waals surface area contributed by atoms with Gasteiger partial charge < -0.3 is 20.7 Å². The van der Waals surface area contributed by atoms with E-state index in [1.807, 2.05) is 0 Å². The summed E-state index contributed by atoms with van der Waals surface area (Å²) in [7, 11) is 0. The van der Waals surface area contributed by atoms with Crippen LogP contribution in [0, 0.1) is 0 Å². The molecule has 0 aliphatic carbocycles. The lowest BCUT2D eigenvalue weighted by Crippen LogP contribution is -2.32. The van der Waals surface area contributed by atoms with Gasteiger partial charge in [0.25, 0.3) is 0 Å². The van der Waals surface area contributed by atoms with Crippen LogP contribution in [-0.4, -0.2) is 59.5 Å². The van der Waals surface area contributed by atoms with E-state index < -0.39 is 24.5 Å². The molecule has 1 fully saturated rings. The van der Waals surface area contributed by atoms with Crippen molar-refractivity contribution in [2.45, 2.75) is 50.7 Å². The van der Waals surface area contributed by atoms with Crippen LogP contribution in [0.25, 0.3) is 11.2 Å². The van der Waals surface area contributed by atoms with E-state index in [9.17, 15) is 10.2 Å². The third-order valence-corrected chi connectivity index (χ3v) is 5.31. The standard InChI is InChI=1S/C15H23N5O3S/c1-2-3-4-5-24-6-9-11(21)12(22)15(23-9)20-8-19-10-13(16)17-7-18-14(10)20/h7-9,11-12,15,21-22H,2-6H2,1H3,(H2,16,17,18)/t9-,11-,12-,15-/m1/s1. The smallest absolute Gasteiger partial charge is 0.167 e. The zero-order valence-electron chi connectivity index (χ0n) is 13.6. The van der Waals surface area contributed by atoms with Gasteiger partial charge in [-0.2, -0.15) is 11.8 Å². The van der Waals surface area contributed by atoms with E-state index in [0.717, 1.165) is 12.2 Å². The first kappa shape index (κ1) is 17.4. The maximum atomic E-state index is 10.4. The number of thioether (sulfide) groups is 1. The highest BCUT2D eigenvalue weighted by Gasteiger charge is 2.44. The molecule has 24 heavy (non-hydrogen) atoms. The number of aromatic nitrogens is 4. The number of hydrogen-bond donors (Lipinski definition) is 3. The van der Waals surface area contributed by atoms with Gasteiger partial charge in [0.05, 0.1) is 12.4 Å². The summed E-state index contributed by atoms with van der Waals surface area (Å²) in [5.74, 6) is 1.94. The Morgan fingerprint density at radius 2 is 2.08 bits per heavy atom. The van der Waals surface area contributed by atoms with Crippen LogP contribution < -0.4 is 5.73 Å². The lowest BCUT2D eigenvalue weighted by molar-refractivity contribution is -0.0289. The first-order chi connectivity index (χ1) is 11.6. The molecule has 1 aliphatic heterocycles. The van der Waals surface area contributed by atoms with Crippen molar-refractivity contribution < 1.29 is 14.9 Å². The number of hydrogen-bond acceptors (Lipinski definition) is 8. The van der Waals surface area contributed by atoms with Crippen molar-refractivity contribution in [2.24, 2.45) is 0 Å². The molecule has 2 aromatic heterocycles. The fraction of sp³-hybridized carbons (Fsp3) is 0.667. The Morgan fingerprint density at radius 3 is 2.88 bits per heavy atom. The normalized spacial score (nSPS) is 27.1. The Labute approximate surface area is 144 Å². The molecule has 3 heterocycles. The molecule has 0 bridgehead atoms. The molecule has 4 atom stereocenters. The number of anilines is 1. The first-order valence-corrected chi connectivity index (χ1v) is 9.31. The number of unbranched alkanes of at least 4 members (excludes halogenated alkanes) is 2. The minimum atomic E-state index is -1.04. The van der Waals surface area contributed by atoms with Crippen LogP contribution in [-0.2, 0) is 4.74 Å². The van der Waals surface area contributed by atoms with Crippen molar-refractivity contribution in [2.75, 3.05) is 17.2 Å². The maximum absolute atomic E-state index is 10.4. The van der Waals surface area contributed by atoms with Crippen molar-refractivity contribution in [3.8, 4) is 0 Å². The van der Waals surface area contributed by atoms with Crippen LogP contribution in [0.5, 0.6) is 0 Å². The van der Waals surface area contributed by atoms with Crippen LogP contribution >= 0.6 is 11.8 Å². The van der Waals surface area contributed by atoms with Gasteiger partial charge in [-0.3, -0.25) is 4.57 Å². The molecule has 0 saturated carbocycles. The predicted molar refractivity (Wildman–Crippen MR) is 92.5 cm³/mol. The third kappa shape index (κ3) is 3.34. The summed E-state index contributed by atoms with van der Waals surface area (Å²) in [5.41, 5.74) is 6.72. The molecule has 9 heteroatoms. The molecule has 1 aliphatic rings. The van der Waals surface area contributed by atoms with E-state index in [1.165, 1.54) is 25.5 Å². The summed E-state index contributed by atoms with van der Waals surface area (Å²) in [6, 6.07) is 0. The van der Waals surface area contributed by atoms with Gasteiger partial charge in [0, 0.05) is 5.75 Å². The van der Waals surface area contributed by atoms with Crippen LogP contribution in [0.1, 0.15) is 32.4 Å². The second-order valence-electron chi connectivity index (χ2n) is 5.91. The summed E-state index contributed by atoms with van der Waals surface area (Å²) >= 11 is 1.73. The second-order valence-corrected chi connectivity index (χ2v) is 7.06. The fourth-order valence-electron chi connectivity index (χ4n) is 2.81. The zero-order valence-corrected chi connectivity index (χ0v) is 14.4. The SMILES string of the molecule is CCCCCSC[C@H]1O[C@@H](n2cnc3c(N)ncnc32)[C@H](O)[C@@H]1O. The topological polar surface area (TPSA) is 119 Å². The number of nitrogens with two attached hydrogens (primary N) is 1.